The second kappa shape index (κ2) is 9.04. The Bertz CT molecular complexity index is 1590. The Labute approximate surface area is 204 Å². The summed E-state index contributed by atoms with van der Waals surface area (Å²) >= 11 is 2.61. The van der Waals surface area contributed by atoms with Gasteiger partial charge in [0.15, 0.2) is 5.16 Å². The first kappa shape index (κ1) is 22.3. The lowest BCUT2D eigenvalue weighted by Crippen LogP contribution is -2.22. The Balaban J connectivity index is 1.58. The van der Waals surface area contributed by atoms with Crippen LogP contribution in [0.1, 0.15) is 16.8 Å². The van der Waals surface area contributed by atoms with E-state index in [0.717, 1.165) is 32.7 Å². The number of hydrogen-bond acceptors (Lipinski definition) is 6. The number of hydrogen-bond donors (Lipinski definition) is 1. The summed E-state index contributed by atoms with van der Waals surface area (Å²) in [5, 5.41) is 4.28. The van der Waals surface area contributed by atoms with Gasteiger partial charge in [0.1, 0.15) is 9.53 Å². The first-order valence-corrected chi connectivity index (χ1v) is 12.6. The van der Waals surface area contributed by atoms with Crippen molar-refractivity contribution in [1.82, 2.24) is 14.5 Å². The molecular formula is C26H22N4O2S2. The number of para-hydroxylation sites is 1. The predicted octanol–water partition coefficient (Wildman–Crippen LogP) is 5.65. The predicted molar refractivity (Wildman–Crippen MR) is 141 cm³/mol. The van der Waals surface area contributed by atoms with Crippen LogP contribution in [0.5, 0.6) is 0 Å². The molecule has 1 N–H and O–H groups in total. The SMILES string of the molecule is Cc1ccc(NC(=O)CSc2nc3c(sc4nc(C)cc(C)c43)c(=O)n2-c2ccccc2)cc1. The van der Waals surface area contributed by atoms with Crippen molar-refractivity contribution in [2.45, 2.75) is 25.9 Å². The first-order chi connectivity index (χ1) is 16.4. The van der Waals surface area contributed by atoms with Gasteiger partial charge in [-0.15, -0.1) is 11.3 Å². The Hall–Kier alpha value is -3.49. The van der Waals surface area contributed by atoms with Crippen molar-refractivity contribution >= 4 is 55.1 Å². The number of thioether (sulfide) groups is 1. The van der Waals surface area contributed by atoms with Crippen LogP contribution < -0.4 is 10.9 Å². The fraction of sp³-hybridized carbons (Fsp3) is 0.154. The molecule has 0 saturated heterocycles. The largest absolute Gasteiger partial charge is 0.325 e. The fourth-order valence-corrected chi connectivity index (χ4v) is 5.85. The van der Waals surface area contributed by atoms with Crippen molar-refractivity contribution in [3.05, 3.63) is 87.8 Å². The third-order valence-electron chi connectivity index (χ3n) is 5.44. The minimum Gasteiger partial charge on any atom is -0.325 e. The van der Waals surface area contributed by atoms with Crippen molar-refractivity contribution in [1.29, 1.82) is 0 Å². The molecule has 0 fully saturated rings. The average molecular weight is 487 g/mol. The first-order valence-electron chi connectivity index (χ1n) is 10.8. The smallest absolute Gasteiger partial charge is 0.276 e. The number of amides is 1. The highest BCUT2D eigenvalue weighted by Gasteiger charge is 2.20. The molecule has 0 aliphatic rings. The number of aryl methyl sites for hydroxylation is 3. The van der Waals surface area contributed by atoms with Crippen LogP contribution >= 0.6 is 23.1 Å². The van der Waals surface area contributed by atoms with Gasteiger partial charge in [-0.1, -0.05) is 47.7 Å². The zero-order chi connectivity index (χ0) is 23.8. The lowest BCUT2D eigenvalue weighted by Gasteiger charge is -2.12. The fourth-order valence-electron chi connectivity index (χ4n) is 3.87. The highest BCUT2D eigenvalue weighted by atomic mass is 32.2. The molecule has 0 aliphatic heterocycles. The van der Waals surface area contributed by atoms with E-state index < -0.39 is 0 Å². The van der Waals surface area contributed by atoms with Crippen LogP contribution in [0.25, 0.3) is 26.1 Å². The average Bonchev–Trinajstić information content (AvgIpc) is 3.19. The molecule has 6 nitrogen and oxygen atoms in total. The molecular weight excluding hydrogens is 464 g/mol. The standard InChI is InChI=1S/C26H22N4O2S2/c1-15-9-11-18(12-10-15)28-20(31)14-33-26-29-22-21-16(2)13-17(3)27-24(21)34-23(22)25(32)30(26)19-7-5-4-6-8-19/h4-13H,14H2,1-3H3,(H,28,31). The highest BCUT2D eigenvalue weighted by Crippen LogP contribution is 2.34. The van der Waals surface area contributed by atoms with Gasteiger partial charge in [-0.25, -0.2) is 9.97 Å². The maximum Gasteiger partial charge on any atom is 0.276 e. The van der Waals surface area contributed by atoms with Gasteiger partial charge in [0.25, 0.3) is 5.56 Å². The number of nitrogens with zero attached hydrogens (tertiary/aromatic N) is 3. The van der Waals surface area contributed by atoms with Crippen molar-refractivity contribution in [2.75, 3.05) is 11.1 Å². The summed E-state index contributed by atoms with van der Waals surface area (Å²) in [6, 6.07) is 19.0. The number of anilines is 1. The van der Waals surface area contributed by atoms with E-state index in [1.807, 2.05) is 81.4 Å². The van der Waals surface area contributed by atoms with Crippen LogP contribution in [-0.4, -0.2) is 26.2 Å². The Kier molecular flexibility index (Phi) is 5.93. The summed E-state index contributed by atoms with van der Waals surface area (Å²) in [6.07, 6.45) is 0. The summed E-state index contributed by atoms with van der Waals surface area (Å²) < 4.78 is 2.15. The normalized spacial score (nSPS) is 11.3. The van der Waals surface area contributed by atoms with Gasteiger partial charge in [-0.05, 0) is 56.7 Å². The van der Waals surface area contributed by atoms with E-state index in [-0.39, 0.29) is 17.2 Å². The highest BCUT2D eigenvalue weighted by molar-refractivity contribution is 7.99. The van der Waals surface area contributed by atoms with E-state index in [0.29, 0.717) is 21.1 Å². The molecule has 2 aromatic carbocycles. The van der Waals surface area contributed by atoms with Crippen LogP contribution in [-0.2, 0) is 4.79 Å². The Morgan fingerprint density at radius 1 is 1.03 bits per heavy atom. The minimum atomic E-state index is -0.161. The van der Waals surface area contributed by atoms with E-state index in [2.05, 4.69) is 10.3 Å². The van der Waals surface area contributed by atoms with Gasteiger partial charge in [-0.2, -0.15) is 0 Å². The third kappa shape index (κ3) is 4.22. The summed E-state index contributed by atoms with van der Waals surface area (Å²) in [5.41, 5.74) is 5.00. The molecule has 5 aromatic rings. The number of benzene rings is 2. The number of carbonyl (C=O) groups excluding carboxylic acids is 1. The van der Waals surface area contributed by atoms with Gasteiger partial charge in [0.2, 0.25) is 5.91 Å². The molecule has 1 amide bonds. The number of rotatable bonds is 5. The zero-order valence-electron chi connectivity index (χ0n) is 19.0. The van der Waals surface area contributed by atoms with E-state index in [1.165, 1.54) is 23.1 Å². The van der Waals surface area contributed by atoms with Crippen LogP contribution in [0.15, 0.2) is 70.6 Å². The van der Waals surface area contributed by atoms with Crippen molar-refractivity contribution < 1.29 is 4.79 Å². The van der Waals surface area contributed by atoms with E-state index in [4.69, 9.17) is 4.98 Å². The topological polar surface area (TPSA) is 76.9 Å². The molecule has 0 aliphatic carbocycles. The molecule has 34 heavy (non-hydrogen) atoms. The number of pyridine rings is 1. The molecule has 0 spiro atoms. The molecule has 0 atom stereocenters. The molecule has 0 unspecified atom stereocenters. The van der Waals surface area contributed by atoms with Crippen LogP contribution in [0.2, 0.25) is 0 Å². The summed E-state index contributed by atoms with van der Waals surface area (Å²) in [6.45, 7) is 5.95. The lowest BCUT2D eigenvalue weighted by molar-refractivity contribution is -0.113. The molecule has 0 saturated carbocycles. The van der Waals surface area contributed by atoms with E-state index >= 15 is 0 Å². The van der Waals surface area contributed by atoms with Gasteiger partial charge in [0, 0.05) is 16.8 Å². The van der Waals surface area contributed by atoms with Crippen molar-refractivity contribution in [3.63, 3.8) is 0 Å². The summed E-state index contributed by atoms with van der Waals surface area (Å²) in [4.78, 5) is 36.7. The molecule has 3 heterocycles. The van der Waals surface area contributed by atoms with Crippen LogP contribution in [0.4, 0.5) is 5.69 Å². The Morgan fingerprint density at radius 2 is 1.76 bits per heavy atom. The van der Waals surface area contributed by atoms with Gasteiger partial charge < -0.3 is 5.32 Å². The lowest BCUT2D eigenvalue weighted by atomic mass is 10.1. The maximum atomic E-state index is 13.7. The molecule has 170 valence electrons. The zero-order valence-corrected chi connectivity index (χ0v) is 20.6. The van der Waals surface area contributed by atoms with Gasteiger partial charge in [0.05, 0.1) is 17.0 Å². The number of carbonyl (C=O) groups is 1. The summed E-state index contributed by atoms with van der Waals surface area (Å²) in [5.74, 6) is -0.0386. The maximum absolute atomic E-state index is 13.7. The van der Waals surface area contributed by atoms with E-state index in [1.54, 1.807) is 4.57 Å². The molecule has 3 aromatic heterocycles. The summed E-state index contributed by atoms with van der Waals surface area (Å²) in [7, 11) is 0. The van der Waals surface area contributed by atoms with Crippen molar-refractivity contribution in [3.8, 4) is 5.69 Å². The monoisotopic (exact) mass is 486 g/mol. The number of thiophene rings is 1. The number of fused-ring (bicyclic) bond motifs is 3. The second-order valence-electron chi connectivity index (χ2n) is 8.11. The van der Waals surface area contributed by atoms with Crippen LogP contribution in [0, 0.1) is 20.8 Å². The quantitative estimate of drug-likeness (QED) is 0.257. The minimum absolute atomic E-state index is 0.122. The third-order valence-corrected chi connectivity index (χ3v) is 7.44. The van der Waals surface area contributed by atoms with Crippen LogP contribution in [0.3, 0.4) is 0 Å². The molecule has 5 rings (SSSR count). The van der Waals surface area contributed by atoms with Gasteiger partial charge >= 0.3 is 0 Å². The van der Waals surface area contributed by atoms with Crippen molar-refractivity contribution in [2.24, 2.45) is 0 Å². The number of aromatic nitrogens is 3. The second-order valence-corrected chi connectivity index (χ2v) is 10.1. The molecule has 0 bridgehead atoms. The number of nitrogens with one attached hydrogen (secondary N) is 1. The Morgan fingerprint density at radius 3 is 2.50 bits per heavy atom. The molecule has 0 radical (unpaired) electrons. The van der Waals surface area contributed by atoms with E-state index in [9.17, 15) is 9.59 Å². The molecule has 8 heteroatoms. The van der Waals surface area contributed by atoms with Gasteiger partial charge in [-0.3, -0.25) is 14.2 Å².